The van der Waals surface area contributed by atoms with Crippen LogP contribution in [-0.4, -0.2) is 28.8 Å². The van der Waals surface area contributed by atoms with Gasteiger partial charge in [-0.05, 0) is 86.4 Å². The lowest BCUT2D eigenvalue weighted by atomic mass is 9.96. The van der Waals surface area contributed by atoms with Crippen molar-refractivity contribution in [2.75, 3.05) is 13.7 Å². The molecule has 3 heterocycles. The van der Waals surface area contributed by atoms with E-state index in [4.69, 9.17) is 14.5 Å². The van der Waals surface area contributed by atoms with E-state index in [1.165, 1.54) is 16.9 Å². The Balaban J connectivity index is 1.44. The molecule has 1 aliphatic heterocycles. The largest absolute Gasteiger partial charge is 0.497 e. The summed E-state index contributed by atoms with van der Waals surface area (Å²) in [7, 11) is 1.60. The first-order valence-electron chi connectivity index (χ1n) is 14.5. The van der Waals surface area contributed by atoms with Crippen molar-refractivity contribution in [3.63, 3.8) is 0 Å². The van der Waals surface area contributed by atoms with Gasteiger partial charge < -0.3 is 14.0 Å². The Kier molecular flexibility index (Phi) is 7.93. The molecule has 2 aromatic heterocycles. The molecule has 0 amide bonds. The van der Waals surface area contributed by atoms with Gasteiger partial charge in [0, 0.05) is 17.1 Å². The average molecular weight is 604 g/mol. The summed E-state index contributed by atoms with van der Waals surface area (Å²) in [4.78, 5) is 32.5. The van der Waals surface area contributed by atoms with Crippen LogP contribution in [0, 0.1) is 13.8 Å². The molecule has 1 aliphatic rings. The summed E-state index contributed by atoms with van der Waals surface area (Å²) in [5.41, 5.74) is 7.86. The minimum atomic E-state index is -0.672. The Bertz CT molecular complexity index is 2070. The molecule has 3 aromatic carbocycles. The highest BCUT2D eigenvalue weighted by Crippen LogP contribution is 2.32. The van der Waals surface area contributed by atoms with Gasteiger partial charge in [0.25, 0.3) is 5.56 Å². The maximum atomic E-state index is 14.1. The molecule has 0 radical (unpaired) electrons. The van der Waals surface area contributed by atoms with Gasteiger partial charge in [0.1, 0.15) is 5.75 Å². The lowest BCUT2D eigenvalue weighted by molar-refractivity contribution is -0.139. The third-order valence-corrected chi connectivity index (χ3v) is 8.92. The van der Waals surface area contributed by atoms with Crippen molar-refractivity contribution in [1.29, 1.82) is 0 Å². The number of carbonyl (C=O) groups excluding carboxylic acids is 1. The highest BCUT2D eigenvalue weighted by Gasteiger charge is 2.33. The number of methoxy groups -OCH3 is 1. The molecule has 8 heteroatoms. The molecule has 0 fully saturated rings. The summed E-state index contributed by atoms with van der Waals surface area (Å²) in [6.07, 6.45) is 1.93. The van der Waals surface area contributed by atoms with Crippen LogP contribution < -0.4 is 19.6 Å². The van der Waals surface area contributed by atoms with Gasteiger partial charge in [-0.3, -0.25) is 9.36 Å². The van der Waals surface area contributed by atoms with Crippen molar-refractivity contribution in [2.24, 2.45) is 4.99 Å². The van der Waals surface area contributed by atoms with Crippen LogP contribution in [0.5, 0.6) is 5.75 Å². The third kappa shape index (κ3) is 5.22. The Labute approximate surface area is 259 Å². The minimum Gasteiger partial charge on any atom is -0.497 e. The van der Waals surface area contributed by atoms with E-state index in [0.717, 1.165) is 33.8 Å². The number of allylic oxidation sites excluding steroid dienone is 1. The molecule has 0 spiro atoms. The van der Waals surface area contributed by atoms with E-state index in [-0.39, 0.29) is 12.2 Å². The number of thiazole rings is 1. The van der Waals surface area contributed by atoms with Crippen molar-refractivity contribution in [3.8, 4) is 22.6 Å². The number of carbonyl (C=O) groups is 1. The fourth-order valence-electron chi connectivity index (χ4n) is 5.80. The van der Waals surface area contributed by atoms with Crippen LogP contribution in [0.4, 0.5) is 0 Å². The molecule has 0 saturated carbocycles. The van der Waals surface area contributed by atoms with E-state index in [0.29, 0.717) is 26.4 Å². The van der Waals surface area contributed by atoms with Crippen LogP contribution >= 0.6 is 11.3 Å². The lowest BCUT2D eigenvalue weighted by Gasteiger charge is -2.24. The van der Waals surface area contributed by atoms with Gasteiger partial charge >= 0.3 is 5.97 Å². The molecule has 0 N–H and O–H groups in total. The molecular formula is C36H33N3O4S. The normalized spacial score (nSPS) is 14.8. The zero-order chi connectivity index (χ0) is 31.0. The minimum absolute atomic E-state index is 0.208. The first-order valence-corrected chi connectivity index (χ1v) is 15.3. The Morgan fingerprint density at radius 1 is 0.955 bits per heavy atom. The first kappa shape index (κ1) is 29.1. The Morgan fingerprint density at radius 3 is 2.30 bits per heavy atom. The summed E-state index contributed by atoms with van der Waals surface area (Å²) in [6.45, 7) is 7.90. The van der Waals surface area contributed by atoms with Gasteiger partial charge in [-0.25, -0.2) is 9.79 Å². The zero-order valence-electron chi connectivity index (χ0n) is 25.3. The van der Waals surface area contributed by atoms with Gasteiger partial charge in [0.05, 0.1) is 35.6 Å². The van der Waals surface area contributed by atoms with Crippen molar-refractivity contribution in [1.82, 2.24) is 9.13 Å². The average Bonchev–Trinajstić information content (AvgIpc) is 3.50. The molecule has 7 nitrogen and oxygen atoms in total. The number of aryl methyl sites for hydroxylation is 1. The number of hydrogen-bond acceptors (Lipinski definition) is 6. The number of nitrogens with zero attached hydrogens (tertiary/aromatic N) is 3. The SMILES string of the molecule is CCOC(=O)C1=C(C)N=c2s/c(=C\c3cc(C)n(-c4ccc(-c5ccccc5)cc4)c3C)c(=O)n2[C@H]1c1ccc(OC)cc1. The van der Waals surface area contributed by atoms with Crippen LogP contribution in [0.3, 0.4) is 0 Å². The van der Waals surface area contributed by atoms with Crippen LogP contribution in [-0.2, 0) is 9.53 Å². The summed E-state index contributed by atoms with van der Waals surface area (Å²) < 4.78 is 15.1. The second kappa shape index (κ2) is 12.0. The number of esters is 1. The van der Waals surface area contributed by atoms with Crippen molar-refractivity contribution >= 4 is 23.4 Å². The van der Waals surface area contributed by atoms with Crippen molar-refractivity contribution < 1.29 is 14.3 Å². The summed E-state index contributed by atoms with van der Waals surface area (Å²) in [5, 5.41) is 0. The molecule has 5 aromatic rings. The number of rotatable bonds is 7. The van der Waals surface area contributed by atoms with Crippen LogP contribution in [0.2, 0.25) is 0 Å². The molecule has 6 rings (SSSR count). The van der Waals surface area contributed by atoms with E-state index in [9.17, 15) is 9.59 Å². The molecule has 1 atom stereocenters. The molecule has 0 aliphatic carbocycles. The summed E-state index contributed by atoms with van der Waals surface area (Å²) in [6, 6.07) is 27.6. The predicted octanol–water partition coefficient (Wildman–Crippen LogP) is 5.88. The van der Waals surface area contributed by atoms with Gasteiger partial charge in [0.2, 0.25) is 0 Å². The van der Waals surface area contributed by atoms with Gasteiger partial charge in [-0.15, -0.1) is 0 Å². The summed E-state index contributed by atoms with van der Waals surface area (Å²) in [5.74, 6) is 0.204. The highest BCUT2D eigenvalue weighted by molar-refractivity contribution is 7.07. The van der Waals surface area contributed by atoms with Gasteiger partial charge in [-0.2, -0.15) is 0 Å². The topological polar surface area (TPSA) is 74.8 Å². The van der Waals surface area contributed by atoms with Crippen LogP contribution in [0.1, 0.15) is 42.4 Å². The Morgan fingerprint density at radius 2 is 1.64 bits per heavy atom. The third-order valence-electron chi connectivity index (χ3n) is 7.94. The molecule has 0 unspecified atom stereocenters. The molecule has 0 bridgehead atoms. The van der Waals surface area contributed by atoms with E-state index < -0.39 is 12.0 Å². The van der Waals surface area contributed by atoms with Crippen LogP contribution in [0.25, 0.3) is 22.9 Å². The van der Waals surface area contributed by atoms with E-state index in [1.807, 2.05) is 48.5 Å². The standard InChI is InChI=1S/C36H33N3O4S/c1-6-43-35(41)32-23(3)37-36-39(33(32)27-14-18-30(42-5)19-15-27)34(40)31(44-36)21-28-20-22(2)38(24(28)4)29-16-12-26(13-17-29)25-10-8-7-9-11-25/h7-21,33H,6H2,1-5H3/b31-21-/t33-/m0/s1. The number of ether oxygens (including phenoxy) is 2. The second-order valence-electron chi connectivity index (χ2n) is 10.7. The maximum Gasteiger partial charge on any atom is 0.338 e. The highest BCUT2D eigenvalue weighted by atomic mass is 32.1. The molecular weight excluding hydrogens is 570 g/mol. The molecule has 44 heavy (non-hydrogen) atoms. The number of aromatic nitrogens is 2. The Hall–Kier alpha value is -4.95. The lowest BCUT2D eigenvalue weighted by Crippen LogP contribution is -2.39. The van der Waals surface area contributed by atoms with Gasteiger partial charge in [0.15, 0.2) is 4.80 Å². The fraction of sp³-hybridized carbons (Fsp3) is 0.194. The quantitative estimate of drug-likeness (QED) is 0.218. The number of fused-ring (bicyclic) bond motifs is 1. The van der Waals surface area contributed by atoms with Crippen LogP contribution in [0.15, 0.2) is 106 Å². The number of benzene rings is 3. The second-order valence-corrected chi connectivity index (χ2v) is 11.7. The van der Waals surface area contributed by atoms with E-state index in [2.05, 4.69) is 60.9 Å². The summed E-state index contributed by atoms with van der Waals surface area (Å²) >= 11 is 1.32. The molecule has 0 saturated heterocycles. The number of hydrogen-bond donors (Lipinski definition) is 0. The fourth-order valence-corrected chi connectivity index (χ4v) is 6.84. The zero-order valence-corrected chi connectivity index (χ0v) is 26.1. The first-order chi connectivity index (χ1) is 21.3. The molecule has 222 valence electrons. The van der Waals surface area contributed by atoms with Gasteiger partial charge in [-0.1, -0.05) is 65.9 Å². The predicted molar refractivity (Wildman–Crippen MR) is 174 cm³/mol. The monoisotopic (exact) mass is 603 g/mol. The van der Waals surface area contributed by atoms with Crippen molar-refractivity contribution in [2.45, 2.75) is 33.7 Å². The maximum absolute atomic E-state index is 14.1. The van der Waals surface area contributed by atoms with E-state index in [1.54, 1.807) is 25.5 Å². The van der Waals surface area contributed by atoms with Crippen molar-refractivity contribution in [3.05, 3.63) is 138 Å². The van der Waals surface area contributed by atoms with E-state index >= 15 is 0 Å². The smallest absolute Gasteiger partial charge is 0.338 e.